The van der Waals surface area contributed by atoms with Crippen LogP contribution in [0.15, 0.2) is 60.7 Å². The fourth-order valence-corrected chi connectivity index (χ4v) is 2.55. The second-order valence-electron chi connectivity index (χ2n) is 5.71. The number of hydrogen-bond donors (Lipinski definition) is 2. The topological polar surface area (TPSA) is 55.1 Å². The predicted molar refractivity (Wildman–Crippen MR) is 90.6 cm³/mol. The van der Waals surface area contributed by atoms with E-state index in [0.29, 0.717) is 13.0 Å². The van der Waals surface area contributed by atoms with Crippen LogP contribution in [-0.4, -0.2) is 18.5 Å². The second-order valence-corrected chi connectivity index (χ2v) is 5.71. The summed E-state index contributed by atoms with van der Waals surface area (Å²) in [4.78, 5) is 12.2. The number of nitrogens with two attached hydrogens (primary N) is 1. The molecule has 2 aromatic rings. The van der Waals surface area contributed by atoms with Crippen molar-refractivity contribution in [1.82, 2.24) is 5.32 Å². The zero-order valence-corrected chi connectivity index (χ0v) is 13.0. The van der Waals surface area contributed by atoms with Crippen LogP contribution in [0.1, 0.15) is 30.4 Å². The maximum atomic E-state index is 12.2. The van der Waals surface area contributed by atoms with E-state index in [1.165, 1.54) is 11.1 Å². The molecule has 0 aromatic heterocycles. The molecule has 0 saturated heterocycles. The molecule has 116 valence electrons. The highest BCUT2D eigenvalue weighted by atomic mass is 16.1. The van der Waals surface area contributed by atoms with Crippen LogP contribution in [0.4, 0.5) is 0 Å². The highest BCUT2D eigenvalue weighted by Crippen LogP contribution is 2.24. The third-order valence-electron chi connectivity index (χ3n) is 3.79. The van der Waals surface area contributed by atoms with Crippen molar-refractivity contribution in [3.63, 3.8) is 0 Å². The molecule has 0 radical (unpaired) electrons. The third kappa shape index (κ3) is 5.01. The molecular formula is C19H24N2O. The zero-order valence-electron chi connectivity index (χ0n) is 13.0. The minimum atomic E-state index is 0.0145. The van der Waals surface area contributed by atoms with Crippen molar-refractivity contribution >= 4 is 5.91 Å². The van der Waals surface area contributed by atoms with Crippen molar-refractivity contribution in [1.29, 1.82) is 0 Å². The van der Waals surface area contributed by atoms with Gasteiger partial charge in [0.25, 0.3) is 0 Å². The lowest BCUT2D eigenvalue weighted by atomic mass is 9.89. The minimum absolute atomic E-state index is 0.0145. The van der Waals surface area contributed by atoms with Gasteiger partial charge in [0.15, 0.2) is 0 Å². The van der Waals surface area contributed by atoms with Crippen LogP contribution in [0.5, 0.6) is 0 Å². The SMILES string of the molecule is C[C@@H](CN)NC(=O)CC(Cc1ccccc1)c1ccccc1. The van der Waals surface area contributed by atoms with Gasteiger partial charge in [-0.25, -0.2) is 0 Å². The van der Waals surface area contributed by atoms with Crippen LogP contribution in [0.3, 0.4) is 0 Å². The average Bonchev–Trinajstić information content (AvgIpc) is 2.56. The first-order chi connectivity index (χ1) is 10.7. The number of rotatable bonds is 7. The molecule has 0 spiro atoms. The fourth-order valence-electron chi connectivity index (χ4n) is 2.55. The summed E-state index contributed by atoms with van der Waals surface area (Å²) >= 11 is 0. The van der Waals surface area contributed by atoms with E-state index in [9.17, 15) is 4.79 Å². The number of carbonyl (C=O) groups excluding carboxylic acids is 1. The molecule has 1 amide bonds. The molecule has 3 heteroatoms. The Morgan fingerprint density at radius 2 is 1.64 bits per heavy atom. The number of nitrogens with one attached hydrogen (secondary N) is 1. The van der Waals surface area contributed by atoms with Gasteiger partial charge in [0.1, 0.15) is 0 Å². The molecule has 2 rings (SSSR count). The lowest BCUT2D eigenvalue weighted by Gasteiger charge is -2.19. The Bertz CT molecular complexity index is 569. The Hall–Kier alpha value is -2.13. The molecular weight excluding hydrogens is 272 g/mol. The molecule has 0 heterocycles. The van der Waals surface area contributed by atoms with Crippen molar-refractivity contribution in [2.75, 3.05) is 6.54 Å². The maximum absolute atomic E-state index is 12.2. The van der Waals surface area contributed by atoms with Gasteiger partial charge in [-0.3, -0.25) is 4.79 Å². The van der Waals surface area contributed by atoms with Gasteiger partial charge in [-0.1, -0.05) is 60.7 Å². The highest BCUT2D eigenvalue weighted by molar-refractivity contribution is 5.77. The van der Waals surface area contributed by atoms with Gasteiger partial charge < -0.3 is 11.1 Å². The van der Waals surface area contributed by atoms with Crippen molar-refractivity contribution in [2.24, 2.45) is 5.73 Å². The van der Waals surface area contributed by atoms with Gasteiger partial charge in [-0.15, -0.1) is 0 Å². The molecule has 3 N–H and O–H groups in total. The molecule has 3 nitrogen and oxygen atoms in total. The molecule has 0 aliphatic rings. The summed E-state index contributed by atoms with van der Waals surface area (Å²) in [6, 6.07) is 20.5. The van der Waals surface area contributed by atoms with Crippen molar-refractivity contribution in [3.8, 4) is 0 Å². The first-order valence-corrected chi connectivity index (χ1v) is 7.77. The number of benzene rings is 2. The smallest absolute Gasteiger partial charge is 0.220 e. The molecule has 22 heavy (non-hydrogen) atoms. The largest absolute Gasteiger partial charge is 0.352 e. The van der Waals surface area contributed by atoms with Gasteiger partial charge in [-0.2, -0.15) is 0 Å². The number of carbonyl (C=O) groups is 1. The standard InChI is InChI=1S/C19H24N2O/c1-15(14-20)21-19(22)13-18(17-10-6-3-7-11-17)12-16-8-4-2-5-9-16/h2-11,15,18H,12-14,20H2,1H3,(H,21,22)/t15-,18?/m0/s1. The van der Waals surface area contributed by atoms with Gasteiger partial charge >= 0.3 is 0 Å². The number of hydrogen-bond acceptors (Lipinski definition) is 2. The minimum Gasteiger partial charge on any atom is -0.352 e. The fraction of sp³-hybridized carbons (Fsp3) is 0.316. The van der Waals surface area contributed by atoms with Gasteiger partial charge in [0, 0.05) is 19.0 Å². The van der Waals surface area contributed by atoms with Crippen LogP contribution >= 0.6 is 0 Å². The zero-order chi connectivity index (χ0) is 15.8. The number of amides is 1. The normalized spacial score (nSPS) is 13.4. The van der Waals surface area contributed by atoms with Crippen LogP contribution in [-0.2, 0) is 11.2 Å². The van der Waals surface area contributed by atoms with E-state index < -0.39 is 0 Å². The van der Waals surface area contributed by atoms with Gasteiger partial charge in [0.2, 0.25) is 5.91 Å². The van der Waals surface area contributed by atoms with Crippen LogP contribution in [0.2, 0.25) is 0 Å². The lowest BCUT2D eigenvalue weighted by molar-refractivity contribution is -0.122. The first-order valence-electron chi connectivity index (χ1n) is 7.77. The van der Waals surface area contributed by atoms with Gasteiger partial charge in [0.05, 0.1) is 0 Å². The van der Waals surface area contributed by atoms with E-state index in [2.05, 4.69) is 29.6 Å². The Morgan fingerprint density at radius 1 is 1.05 bits per heavy atom. The maximum Gasteiger partial charge on any atom is 0.220 e. The van der Waals surface area contributed by atoms with Crippen molar-refractivity contribution in [2.45, 2.75) is 31.7 Å². The van der Waals surface area contributed by atoms with E-state index in [1.54, 1.807) is 0 Å². The Labute approximate surface area is 132 Å². The summed E-state index contributed by atoms with van der Waals surface area (Å²) in [5.74, 6) is 0.233. The molecule has 0 bridgehead atoms. The van der Waals surface area contributed by atoms with E-state index in [1.807, 2.05) is 43.3 Å². The molecule has 0 saturated carbocycles. The third-order valence-corrected chi connectivity index (χ3v) is 3.79. The van der Waals surface area contributed by atoms with Gasteiger partial charge in [-0.05, 0) is 30.4 Å². The van der Waals surface area contributed by atoms with E-state index in [4.69, 9.17) is 5.73 Å². The van der Waals surface area contributed by atoms with Crippen molar-refractivity contribution < 1.29 is 4.79 Å². The summed E-state index contributed by atoms with van der Waals surface area (Å²) in [7, 11) is 0. The summed E-state index contributed by atoms with van der Waals surface area (Å²) in [5, 5.41) is 2.95. The summed E-state index contributed by atoms with van der Waals surface area (Å²) in [6.07, 6.45) is 1.33. The summed E-state index contributed by atoms with van der Waals surface area (Å²) in [5.41, 5.74) is 8.01. The molecule has 2 aromatic carbocycles. The monoisotopic (exact) mass is 296 g/mol. The second kappa shape index (κ2) is 8.35. The predicted octanol–water partition coefficient (Wildman–Crippen LogP) is 2.87. The van der Waals surface area contributed by atoms with E-state index in [-0.39, 0.29) is 17.9 Å². The molecule has 0 aliphatic carbocycles. The Balaban J connectivity index is 2.10. The van der Waals surface area contributed by atoms with Crippen LogP contribution in [0, 0.1) is 0 Å². The lowest BCUT2D eigenvalue weighted by Crippen LogP contribution is -2.38. The summed E-state index contributed by atoms with van der Waals surface area (Å²) < 4.78 is 0. The van der Waals surface area contributed by atoms with E-state index >= 15 is 0 Å². The quantitative estimate of drug-likeness (QED) is 0.825. The highest BCUT2D eigenvalue weighted by Gasteiger charge is 2.17. The average molecular weight is 296 g/mol. The molecule has 1 unspecified atom stereocenters. The first kappa shape index (κ1) is 16.2. The summed E-state index contributed by atoms with van der Waals surface area (Å²) in [6.45, 7) is 2.38. The van der Waals surface area contributed by atoms with Crippen LogP contribution < -0.4 is 11.1 Å². The van der Waals surface area contributed by atoms with Crippen LogP contribution in [0.25, 0.3) is 0 Å². The van der Waals surface area contributed by atoms with Crippen molar-refractivity contribution in [3.05, 3.63) is 71.8 Å². The Morgan fingerprint density at radius 3 is 2.23 bits per heavy atom. The molecule has 2 atom stereocenters. The molecule has 0 fully saturated rings. The Kier molecular flexibility index (Phi) is 6.16. The van der Waals surface area contributed by atoms with E-state index in [0.717, 1.165) is 6.42 Å². The molecule has 0 aliphatic heterocycles.